The summed E-state index contributed by atoms with van der Waals surface area (Å²) in [6, 6.07) is 3.94. The molecule has 0 atom stereocenters. The summed E-state index contributed by atoms with van der Waals surface area (Å²) in [5.41, 5.74) is 0.0718. The summed E-state index contributed by atoms with van der Waals surface area (Å²) in [5.74, 6) is -0.975. The predicted octanol–water partition coefficient (Wildman–Crippen LogP) is 0.765. The van der Waals surface area contributed by atoms with Crippen molar-refractivity contribution in [1.82, 2.24) is 14.6 Å². The van der Waals surface area contributed by atoms with E-state index < -0.39 is 16.0 Å². The number of carbonyl (C=O) groups is 1. The number of carbonyl (C=O) groups excluding carboxylic acids is 1. The molecule has 1 aliphatic heterocycles. The Kier molecular flexibility index (Phi) is 4.89. The molecule has 0 spiro atoms. The maximum atomic E-state index is 13.0. The number of aromatic nitrogens is 1. The van der Waals surface area contributed by atoms with Crippen LogP contribution in [-0.4, -0.2) is 49.1 Å². The number of pyridine rings is 1. The fourth-order valence-electron chi connectivity index (χ4n) is 2.23. The lowest BCUT2D eigenvalue weighted by Crippen LogP contribution is -2.47. The highest BCUT2D eigenvalue weighted by Gasteiger charge is 2.26. The topological polar surface area (TPSA) is 79.4 Å². The van der Waals surface area contributed by atoms with E-state index >= 15 is 0 Å². The van der Waals surface area contributed by atoms with E-state index in [1.807, 2.05) is 0 Å². The number of piperidine rings is 1. The molecule has 8 heteroatoms. The Balaban J connectivity index is 1.93. The first kappa shape index (κ1) is 15.8. The van der Waals surface area contributed by atoms with E-state index in [0.29, 0.717) is 25.9 Å². The highest BCUT2D eigenvalue weighted by atomic mass is 32.2. The monoisotopic (exact) mass is 315 g/mol. The first-order valence-corrected chi connectivity index (χ1v) is 8.48. The molecular formula is C13H18FN3O3S. The van der Waals surface area contributed by atoms with Crippen LogP contribution in [0.4, 0.5) is 4.39 Å². The van der Waals surface area contributed by atoms with Crippen LogP contribution in [0.25, 0.3) is 0 Å². The molecule has 1 aromatic rings. The Morgan fingerprint density at radius 3 is 2.67 bits per heavy atom. The van der Waals surface area contributed by atoms with E-state index in [1.165, 1.54) is 18.2 Å². The molecule has 21 heavy (non-hydrogen) atoms. The van der Waals surface area contributed by atoms with Crippen LogP contribution in [0.3, 0.4) is 0 Å². The summed E-state index contributed by atoms with van der Waals surface area (Å²) >= 11 is 0. The first-order chi connectivity index (χ1) is 9.91. The number of sulfonamides is 1. The number of nitrogens with one attached hydrogen (secondary N) is 1. The van der Waals surface area contributed by atoms with Crippen LogP contribution in [0.15, 0.2) is 18.2 Å². The van der Waals surface area contributed by atoms with E-state index in [4.69, 9.17) is 0 Å². The number of rotatable bonds is 4. The van der Waals surface area contributed by atoms with Crippen molar-refractivity contribution < 1.29 is 17.6 Å². The quantitative estimate of drug-likeness (QED) is 0.832. The summed E-state index contributed by atoms with van der Waals surface area (Å²) in [6.07, 6.45) is 1.08. The third-order valence-corrected chi connectivity index (χ3v) is 4.90. The van der Waals surface area contributed by atoms with E-state index in [1.54, 1.807) is 11.8 Å². The number of likely N-dealkylation sites (tertiary alicyclic amines) is 1. The number of nitrogens with zero attached hydrogens (tertiary/aromatic N) is 2. The molecule has 2 rings (SSSR count). The molecule has 0 aromatic carbocycles. The van der Waals surface area contributed by atoms with Gasteiger partial charge < -0.3 is 4.90 Å². The number of hydrogen-bond acceptors (Lipinski definition) is 4. The molecule has 6 nitrogen and oxygen atoms in total. The number of hydrogen-bond donors (Lipinski definition) is 1. The predicted molar refractivity (Wildman–Crippen MR) is 75.7 cm³/mol. The lowest BCUT2D eigenvalue weighted by molar-refractivity contribution is 0.0704. The number of amides is 1. The van der Waals surface area contributed by atoms with Gasteiger partial charge in [-0.3, -0.25) is 4.79 Å². The first-order valence-electron chi connectivity index (χ1n) is 6.83. The molecule has 1 aromatic heterocycles. The Morgan fingerprint density at radius 2 is 2.10 bits per heavy atom. The zero-order chi connectivity index (χ0) is 15.5. The van der Waals surface area contributed by atoms with Gasteiger partial charge in [-0.1, -0.05) is 6.07 Å². The van der Waals surface area contributed by atoms with Crippen LogP contribution in [0, 0.1) is 5.95 Å². The average Bonchev–Trinajstić information content (AvgIpc) is 2.47. The number of halogens is 1. The lowest BCUT2D eigenvalue weighted by atomic mass is 10.1. The second-order valence-electron chi connectivity index (χ2n) is 4.93. The van der Waals surface area contributed by atoms with Gasteiger partial charge in [-0.2, -0.15) is 4.39 Å². The van der Waals surface area contributed by atoms with Crippen LogP contribution in [0.1, 0.15) is 30.3 Å². The third-order valence-electron chi connectivity index (χ3n) is 3.44. The Labute approximate surface area is 123 Å². The van der Waals surface area contributed by atoms with Gasteiger partial charge >= 0.3 is 0 Å². The fourth-order valence-corrected chi connectivity index (χ4v) is 3.14. The fraction of sp³-hybridized carbons (Fsp3) is 0.538. The summed E-state index contributed by atoms with van der Waals surface area (Å²) in [4.78, 5) is 17.3. The van der Waals surface area contributed by atoms with Gasteiger partial charge in [0, 0.05) is 19.1 Å². The molecule has 0 radical (unpaired) electrons. The lowest BCUT2D eigenvalue weighted by Gasteiger charge is -2.32. The zero-order valence-corrected chi connectivity index (χ0v) is 12.6. The largest absolute Gasteiger partial charge is 0.337 e. The van der Waals surface area contributed by atoms with Crippen molar-refractivity contribution in [3.05, 3.63) is 29.8 Å². The molecule has 1 aliphatic rings. The van der Waals surface area contributed by atoms with Crippen LogP contribution in [0.2, 0.25) is 0 Å². The molecular weight excluding hydrogens is 297 g/mol. The molecule has 0 saturated carbocycles. The van der Waals surface area contributed by atoms with E-state index in [-0.39, 0.29) is 23.4 Å². The van der Waals surface area contributed by atoms with Gasteiger partial charge in [-0.15, -0.1) is 0 Å². The van der Waals surface area contributed by atoms with Crippen molar-refractivity contribution in [2.24, 2.45) is 0 Å². The molecule has 1 saturated heterocycles. The van der Waals surface area contributed by atoms with Crippen molar-refractivity contribution in [1.29, 1.82) is 0 Å². The Morgan fingerprint density at radius 1 is 1.43 bits per heavy atom. The van der Waals surface area contributed by atoms with Crippen LogP contribution < -0.4 is 4.72 Å². The maximum absolute atomic E-state index is 13.0. The van der Waals surface area contributed by atoms with Crippen molar-refractivity contribution >= 4 is 15.9 Å². The summed E-state index contributed by atoms with van der Waals surface area (Å²) in [6.45, 7) is 2.43. The van der Waals surface area contributed by atoms with Crippen molar-refractivity contribution in [2.45, 2.75) is 25.8 Å². The van der Waals surface area contributed by atoms with Crippen molar-refractivity contribution in [2.75, 3.05) is 18.8 Å². The van der Waals surface area contributed by atoms with Gasteiger partial charge in [0.15, 0.2) is 0 Å². The summed E-state index contributed by atoms with van der Waals surface area (Å²) in [5, 5.41) is 0. The third kappa shape index (κ3) is 4.21. The molecule has 0 unspecified atom stereocenters. The highest BCUT2D eigenvalue weighted by Crippen LogP contribution is 2.14. The van der Waals surface area contributed by atoms with E-state index in [0.717, 1.165) is 0 Å². The molecule has 1 fully saturated rings. The SMILES string of the molecule is CCS(=O)(=O)NC1CCN(C(=O)c2cccc(F)n2)CC1. The molecule has 2 heterocycles. The van der Waals surface area contributed by atoms with Gasteiger partial charge in [0.05, 0.1) is 5.75 Å². The van der Waals surface area contributed by atoms with Gasteiger partial charge in [-0.05, 0) is 31.9 Å². The molecule has 1 N–H and O–H groups in total. The minimum absolute atomic E-state index is 0.0410. The normalized spacial score (nSPS) is 17.0. The second kappa shape index (κ2) is 6.48. The summed E-state index contributed by atoms with van der Waals surface area (Å²) < 4.78 is 38.6. The smallest absolute Gasteiger partial charge is 0.272 e. The van der Waals surface area contributed by atoms with Gasteiger partial charge in [0.1, 0.15) is 5.69 Å². The molecule has 1 amide bonds. The van der Waals surface area contributed by atoms with Crippen LogP contribution in [0.5, 0.6) is 0 Å². The van der Waals surface area contributed by atoms with Crippen molar-refractivity contribution in [3.8, 4) is 0 Å². The molecule has 0 aliphatic carbocycles. The van der Waals surface area contributed by atoms with Gasteiger partial charge in [0.25, 0.3) is 5.91 Å². The van der Waals surface area contributed by atoms with Crippen LogP contribution >= 0.6 is 0 Å². The Bertz CT molecular complexity index is 613. The van der Waals surface area contributed by atoms with E-state index in [2.05, 4.69) is 9.71 Å². The standard InChI is InChI=1S/C13H18FN3O3S/c1-2-21(19,20)16-10-6-8-17(9-7-10)13(18)11-4-3-5-12(14)15-11/h3-5,10,16H,2,6-9H2,1H3. The maximum Gasteiger partial charge on any atom is 0.272 e. The summed E-state index contributed by atoms with van der Waals surface area (Å²) in [7, 11) is -3.23. The average molecular weight is 315 g/mol. The van der Waals surface area contributed by atoms with Gasteiger partial charge in [-0.25, -0.2) is 18.1 Å². The van der Waals surface area contributed by atoms with Crippen LogP contribution in [-0.2, 0) is 10.0 Å². The highest BCUT2D eigenvalue weighted by molar-refractivity contribution is 7.89. The second-order valence-corrected chi connectivity index (χ2v) is 6.98. The van der Waals surface area contributed by atoms with Gasteiger partial charge in [0.2, 0.25) is 16.0 Å². The zero-order valence-electron chi connectivity index (χ0n) is 11.8. The minimum atomic E-state index is -3.23. The molecule has 116 valence electrons. The molecule has 0 bridgehead atoms. The van der Waals surface area contributed by atoms with Crippen molar-refractivity contribution in [3.63, 3.8) is 0 Å². The minimum Gasteiger partial charge on any atom is -0.337 e. The Hall–Kier alpha value is -1.54. The van der Waals surface area contributed by atoms with E-state index in [9.17, 15) is 17.6 Å².